The van der Waals surface area contributed by atoms with E-state index in [1.54, 1.807) is 31.2 Å². The molecular formula is C12H16N2O4S. The molecule has 0 saturated heterocycles. The molecule has 0 aliphatic rings. The first-order chi connectivity index (χ1) is 8.84. The first-order valence-electron chi connectivity index (χ1n) is 5.56. The highest BCUT2D eigenvalue weighted by Gasteiger charge is 2.12. The second kappa shape index (κ2) is 6.46. The van der Waals surface area contributed by atoms with Crippen LogP contribution in [0, 0.1) is 0 Å². The zero-order chi connectivity index (χ0) is 14.5. The fourth-order valence-electron chi connectivity index (χ4n) is 1.42. The van der Waals surface area contributed by atoms with Crippen LogP contribution in [0.15, 0.2) is 30.3 Å². The van der Waals surface area contributed by atoms with Gasteiger partial charge in [-0.2, -0.15) is 13.1 Å². The Kier molecular flexibility index (Phi) is 5.22. The molecule has 1 aromatic carbocycles. The van der Waals surface area contributed by atoms with Crippen LogP contribution in [0.4, 0.5) is 0 Å². The molecule has 0 aliphatic carbocycles. The van der Waals surface area contributed by atoms with Crippen LogP contribution in [0.3, 0.4) is 0 Å². The van der Waals surface area contributed by atoms with Gasteiger partial charge in [-0.05, 0) is 24.1 Å². The number of nitrogens with one attached hydrogen (secondary N) is 2. The van der Waals surface area contributed by atoms with E-state index in [4.69, 9.17) is 5.11 Å². The zero-order valence-corrected chi connectivity index (χ0v) is 11.4. The van der Waals surface area contributed by atoms with Crippen LogP contribution < -0.4 is 9.44 Å². The summed E-state index contributed by atoms with van der Waals surface area (Å²) in [5.74, 6) is -1.01. The summed E-state index contributed by atoms with van der Waals surface area (Å²) in [6.07, 6.45) is 2.51. The highest BCUT2D eigenvalue weighted by Crippen LogP contribution is 2.14. The number of carboxylic acids is 1. The van der Waals surface area contributed by atoms with Crippen molar-refractivity contribution in [3.05, 3.63) is 41.5 Å². The Morgan fingerprint density at radius 3 is 2.37 bits per heavy atom. The van der Waals surface area contributed by atoms with E-state index in [2.05, 4.69) is 9.44 Å². The van der Waals surface area contributed by atoms with Crippen molar-refractivity contribution in [2.45, 2.75) is 13.0 Å². The van der Waals surface area contributed by atoms with Crippen LogP contribution in [0.1, 0.15) is 24.1 Å². The van der Waals surface area contributed by atoms with Gasteiger partial charge in [-0.1, -0.05) is 24.3 Å². The predicted molar refractivity (Wildman–Crippen MR) is 72.6 cm³/mol. The van der Waals surface area contributed by atoms with Crippen molar-refractivity contribution in [1.82, 2.24) is 9.44 Å². The van der Waals surface area contributed by atoms with Gasteiger partial charge in [0.25, 0.3) is 10.2 Å². The fraction of sp³-hybridized carbons (Fsp3) is 0.250. The van der Waals surface area contributed by atoms with Crippen LogP contribution in [0.2, 0.25) is 0 Å². The number of aliphatic carboxylic acids is 1. The molecular weight excluding hydrogens is 268 g/mol. The second-order valence-corrected chi connectivity index (χ2v) is 5.54. The smallest absolute Gasteiger partial charge is 0.328 e. The molecule has 0 aromatic heterocycles. The van der Waals surface area contributed by atoms with Gasteiger partial charge in [-0.3, -0.25) is 0 Å². The molecule has 0 spiro atoms. The quantitative estimate of drug-likeness (QED) is 0.676. The summed E-state index contributed by atoms with van der Waals surface area (Å²) in [4.78, 5) is 10.4. The third-order valence-electron chi connectivity index (χ3n) is 2.46. The van der Waals surface area contributed by atoms with Crippen LogP contribution in [0.25, 0.3) is 6.08 Å². The molecule has 1 atom stereocenters. The number of hydrogen-bond donors (Lipinski definition) is 3. The first-order valence-corrected chi connectivity index (χ1v) is 7.04. The summed E-state index contributed by atoms with van der Waals surface area (Å²) in [6.45, 7) is 1.72. The molecule has 0 radical (unpaired) electrons. The SMILES string of the molecule is CNS(=O)(=O)NC(C)c1ccc(/C=C/C(=O)O)cc1. The molecule has 104 valence electrons. The summed E-state index contributed by atoms with van der Waals surface area (Å²) in [5, 5.41) is 8.50. The molecule has 0 aliphatic heterocycles. The number of hydrogen-bond acceptors (Lipinski definition) is 3. The molecule has 0 fully saturated rings. The van der Waals surface area contributed by atoms with Crippen molar-refractivity contribution in [3.8, 4) is 0 Å². The molecule has 1 unspecified atom stereocenters. The Morgan fingerprint density at radius 1 is 1.32 bits per heavy atom. The lowest BCUT2D eigenvalue weighted by molar-refractivity contribution is -0.131. The monoisotopic (exact) mass is 284 g/mol. The van der Waals surface area contributed by atoms with E-state index in [9.17, 15) is 13.2 Å². The molecule has 7 heteroatoms. The minimum Gasteiger partial charge on any atom is -0.478 e. The maximum atomic E-state index is 11.3. The van der Waals surface area contributed by atoms with E-state index in [0.717, 1.165) is 17.2 Å². The molecule has 1 rings (SSSR count). The van der Waals surface area contributed by atoms with E-state index in [1.807, 2.05) is 0 Å². The highest BCUT2D eigenvalue weighted by molar-refractivity contribution is 7.87. The summed E-state index contributed by atoms with van der Waals surface area (Å²) in [6, 6.07) is 6.54. The summed E-state index contributed by atoms with van der Waals surface area (Å²) in [7, 11) is -2.16. The van der Waals surface area contributed by atoms with Gasteiger partial charge in [0.05, 0.1) is 0 Å². The van der Waals surface area contributed by atoms with Crippen LogP contribution in [-0.4, -0.2) is 26.5 Å². The summed E-state index contributed by atoms with van der Waals surface area (Å²) < 4.78 is 27.3. The van der Waals surface area contributed by atoms with Crippen molar-refractivity contribution < 1.29 is 18.3 Å². The van der Waals surface area contributed by atoms with Gasteiger partial charge >= 0.3 is 5.97 Å². The maximum Gasteiger partial charge on any atom is 0.328 e. The molecule has 0 heterocycles. The lowest BCUT2D eigenvalue weighted by Crippen LogP contribution is -2.35. The van der Waals surface area contributed by atoms with Gasteiger partial charge in [-0.25, -0.2) is 9.52 Å². The van der Waals surface area contributed by atoms with Gasteiger partial charge in [-0.15, -0.1) is 0 Å². The van der Waals surface area contributed by atoms with Crippen LogP contribution >= 0.6 is 0 Å². The minimum atomic E-state index is -3.49. The van der Waals surface area contributed by atoms with Gasteiger partial charge in [0, 0.05) is 19.2 Å². The number of carbonyl (C=O) groups is 1. The Hall–Kier alpha value is -1.70. The third kappa shape index (κ3) is 5.21. The van der Waals surface area contributed by atoms with E-state index >= 15 is 0 Å². The zero-order valence-electron chi connectivity index (χ0n) is 10.6. The second-order valence-electron chi connectivity index (χ2n) is 3.89. The predicted octanol–water partition coefficient (Wildman–Crippen LogP) is 0.899. The topological polar surface area (TPSA) is 95.5 Å². The van der Waals surface area contributed by atoms with Crippen LogP contribution in [-0.2, 0) is 15.0 Å². The van der Waals surface area contributed by atoms with E-state index < -0.39 is 16.2 Å². The van der Waals surface area contributed by atoms with Crippen LogP contribution in [0.5, 0.6) is 0 Å². The van der Waals surface area contributed by atoms with Crippen molar-refractivity contribution in [2.75, 3.05) is 7.05 Å². The lowest BCUT2D eigenvalue weighted by Gasteiger charge is -2.14. The fourth-order valence-corrected chi connectivity index (χ4v) is 2.14. The molecule has 0 saturated carbocycles. The summed E-state index contributed by atoms with van der Waals surface area (Å²) in [5.41, 5.74) is 1.51. The Balaban J connectivity index is 2.79. The Bertz CT molecular complexity index is 564. The largest absolute Gasteiger partial charge is 0.478 e. The van der Waals surface area contributed by atoms with Gasteiger partial charge < -0.3 is 5.11 Å². The number of carboxylic acid groups (broad SMARTS) is 1. The molecule has 19 heavy (non-hydrogen) atoms. The highest BCUT2D eigenvalue weighted by atomic mass is 32.2. The van der Waals surface area contributed by atoms with Gasteiger partial charge in [0.1, 0.15) is 0 Å². The minimum absolute atomic E-state index is 0.380. The Morgan fingerprint density at radius 2 is 1.89 bits per heavy atom. The molecule has 1 aromatic rings. The van der Waals surface area contributed by atoms with Crippen molar-refractivity contribution in [2.24, 2.45) is 0 Å². The normalized spacial score (nSPS) is 13.6. The maximum absolute atomic E-state index is 11.3. The standard InChI is InChI=1S/C12H16N2O4S/c1-9(14-19(17,18)13-2)11-6-3-10(4-7-11)5-8-12(15)16/h3-9,13-14H,1-2H3,(H,15,16)/b8-5+. The van der Waals surface area contributed by atoms with E-state index in [1.165, 1.54) is 13.1 Å². The lowest BCUT2D eigenvalue weighted by atomic mass is 10.1. The third-order valence-corrected chi connectivity index (χ3v) is 3.66. The molecule has 0 amide bonds. The molecule has 6 nitrogen and oxygen atoms in total. The van der Waals surface area contributed by atoms with Crippen molar-refractivity contribution in [1.29, 1.82) is 0 Å². The first kappa shape index (κ1) is 15.4. The van der Waals surface area contributed by atoms with E-state index in [0.29, 0.717) is 0 Å². The summed E-state index contributed by atoms with van der Waals surface area (Å²) >= 11 is 0. The molecule has 0 bridgehead atoms. The molecule has 3 N–H and O–H groups in total. The van der Waals surface area contributed by atoms with Crippen molar-refractivity contribution >= 4 is 22.3 Å². The van der Waals surface area contributed by atoms with E-state index in [-0.39, 0.29) is 6.04 Å². The average Bonchev–Trinajstić information content (AvgIpc) is 2.36. The average molecular weight is 284 g/mol. The van der Waals surface area contributed by atoms with Gasteiger partial charge in [0.15, 0.2) is 0 Å². The number of benzene rings is 1. The van der Waals surface area contributed by atoms with Crippen molar-refractivity contribution in [3.63, 3.8) is 0 Å². The Labute approximate surface area is 112 Å². The number of rotatable bonds is 6. The van der Waals surface area contributed by atoms with Gasteiger partial charge in [0.2, 0.25) is 0 Å².